The molecule has 2 amide bonds. The number of nitrogens with one attached hydrogen (secondary N) is 1. The summed E-state index contributed by atoms with van der Waals surface area (Å²) in [5.41, 5.74) is 2.88. The van der Waals surface area contributed by atoms with Gasteiger partial charge in [0, 0.05) is 29.4 Å². The first-order valence-corrected chi connectivity index (χ1v) is 11.0. The van der Waals surface area contributed by atoms with Crippen LogP contribution in [0.15, 0.2) is 60.7 Å². The summed E-state index contributed by atoms with van der Waals surface area (Å²) in [4.78, 5) is 28.5. The van der Waals surface area contributed by atoms with Gasteiger partial charge < -0.3 is 24.4 Å². The third-order valence-electron chi connectivity index (χ3n) is 6.57. The van der Waals surface area contributed by atoms with Crippen molar-refractivity contribution < 1.29 is 23.8 Å². The number of carbonyl (C=O) groups is 2. The number of benzene rings is 3. The molecule has 0 aromatic heterocycles. The molecule has 0 fully saturated rings. The van der Waals surface area contributed by atoms with Crippen LogP contribution in [0.1, 0.15) is 34.0 Å². The van der Waals surface area contributed by atoms with Crippen molar-refractivity contribution in [2.75, 3.05) is 24.8 Å². The second kappa shape index (κ2) is 7.27. The molecule has 1 N–H and O–H groups in total. The number of rotatable bonds is 4. The fraction of sp³-hybridized carbons (Fsp3) is 0.231. The van der Waals surface area contributed by atoms with Crippen molar-refractivity contribution in [3.63, 3.8) is 0 Å². The molecule has 7 nitrogen and oxygen atoms in total. The van der Waals surface area contributed by atoms with Crippen molar-refractivity contribution in [3.8, 4) is 17.2 Å². The molecule has 3 heterocycles. The molecule has 3 aliphatic rings. The average molecular weight is 442 g/mol. The Balaban J connectivity index is 1.45. The Morgan fingerprint density at radius 1 is 0.970 bits per heavy atom. The normalized spacial score (nSPS) is 19.4. The minimum absolute atomic E-state index is 0.0768. The van der Waals surface area contributed by atoms with E-state index in [2.05, 4.69) is 5.32 Å². The Hall–Kier alpha value is -4.00. The molecular weight excluding hydrogens is 420 g/mol. The number of nitrogens with zero attached hydrogens (tertiary/aromatic N) is 1. The van der Waals surface area contributed by atoms with E-state index in [1.165, 1.54) is 0 Å². The maximum atomic E-state index is 14.1. The molecule has 0 radical (unpaired) electrons. The standard InChI is InChI=1S/C26H22N2O5/c1-2-27-24(29)17-8-4-3-7-16(17)13-28-20-10-6-5-9-18(20)26(25(28)30)14-31-21-12-23-22(11-19(21)26)32-15-33-23/h3-12H,2,13-15H2,1H3,(H,27,29). The van der Waals surface area contributed by atoms with Gasteiger partial charge in [0.1, 0.15) is 17.8 Å². The third-order valence-corrected chi connectivity index (χ3v) is 6.57. The SMILES string of the molecule is CCNC(=O)c1ccccc1CN1C(=O)C2(COc3cc4c(cc32)OCO4)c2ccccc21. The predicted octanol–water partition coefficient (Wildman–Crippen LogP) is 3.39. The molecule has 33 heavy (non-hydrogen) atoms. The van der Waals surface area contributed by atoms with Gasteiger partial charge in [-0.1, -0.05) is 36.4 Å². The lowest BCUT2D eigenvalue weighted by Gasteiger charge is -2.24. The van der Waals surface area contributed by atoms with Crippen LogP contribution < -0.4 is 24.4 Å². The predicted molar refractivity (Wildman–Crippen MR) is 121 cm³/mol. The topological polar surface area (TPSA) is 77.1 Å². The zero-order valence-corrected chi connectivity index (χ0v) is 18.1. The van der Waals surface area contributed by atoms with Gasteiger partial charge in [0.05, 0.1) is 6.54 Å². The molecule has 0 saturated heterocycles. The lowest BCUT2D eigenvalue weighted by molar-refractivity contribution is -0.122. The van der Waals surface area contributed by atoms with Crippen LogP contribution in [-0.4, -0.2) is 31.8 Å². The summed E-state index contributed by atoms with van der Waals surface area (Å²) in [7, 11) is 0. The molecule has 3 aromatic carbocycles. The molecule has 0 bridgehead atoms. The van der Waals surface area contributed by atoms with Crippen molar-refractivity contribution >= 4 is 17.5 Å². The van der Waals surface area contributed by atoms with E-state index < -0.39 is 5.41 Å². The van der Waals surface area contributed by atoms with Crippen LogP contribution in [0.5, 0.6) is 17.2 Å². The highest BCUT2D eigenvalue weighted by atomic mass is 16.7. The summed E-state index contributed by atoms with van der Waals surface area (Å²) in [6, 6.07) is 18.8. The lowest BCUT2D eigenvalue weighted by atomic mass is 9.77. The highest BCUT2D eigenvalue weighted by Crippen LogP contribution is 2.55. The van der Waals surface area contributed by atoms with Gasteiger partial charge in [0.15, 0.2) is 11.5 Å². The molecule has 7 heteroatoms. The second-order valence-corrected chi connectivity index (χ2v) is 8.32. The first-order chi connectivity index (χ1) is 16.1. The van der Waals surface area contributed by atoms with Crippen LogP contribution in [0, 0.1) is 0 Å². The quantitative estimate of drug-likeness (QED) is 0.670. The Morgan fingerprint density at radius 2 is 1.73 bits per heavy atom. The molecule has 0 aliphatic carbocycles. The van der Waals surface area contributed by atoms with E-state index in [1.54, 1.807) is 17.0 Å². The monoisotopic (exact) mass is 442 g/mol. The number of carbonyl (C=O) groups excluding carboxylic acids is 2. The van der Waals surface area contributed by atoms with Crippen LogP contribution in [0.25, 0.3) is 0 Å². The molecule has 6 rings (SSSR count). The average Bonchev–Trinajstić information content (AvgIpc) is 3.51. The number of fused-ring (bicyclic) bond motifs is 5. The van der Waals surface area contributed by atoms with Gasteiger partial charge in [0.25, 0.3) is 5.91 Å². The fourth-order valence-electron chi connectivity index (χ4n) is 5.03. The zero-order chi connectivity index (χ0) is 22.6. The van der Waals surface area contributed by atoms with Crippen molar-refractivity contribution in [3.05, 3.63) is 82.9 Å². The first kappa shape index (κ1) is 19.7. The van der Waals surface area contributed by atoms with E-state index in [9.17, 15) is 9.59 Å². The Bertz CT molecular complexity index is 1300. The second-order valence-electron chi connectivity index (χ2n) is 8.32. The van der Waals surface area contributed by atoms with Crippen molar-refractivity contribution in [2.45, 2.75) is 18.9 Å². The highest BCUT2D eigenvalue weighted by molar-refractivity contribution is 6.11. The maximum absolute atomic E-state index is 14.1. The number of amides is 2. The van der Waals surface area contributed by atoms with E-state index >= 15 is 0 Å². The number of para-hydroxylation sites is 1. The van der Waals surface area contributed by atoms with Crippen LogP contribution >= 0.6 is 0 Å². The van der Waals surface area contributed by atoms with Crippen molar-refractivity contribution in [1.82, 2.24) is 5.32 Å². The first-order valence-electron chi connectivity index (χ1n) is 11.0. The molecular formula is C26H22N2O5. The number of hydrogen-bond acceptors (Lipinski definition) is 5. The maximum Gasteiger partial charge on any atom is 0.251 e. The van der Waals surface area contributed by atoms with E-state index in [0.29, 0.717) is 29.4 Å². The van der Waals surface area contributed by atoms with Gasteiger partial charge in [-0.15, -0.1) is 0 Å². The van der Waals surface area contributed by atoms with Gasteiger partial charge in [-0.3, -0.25) is 9.59 Å². The zero-order valence-electron chi connectivity index (χ0n) is 18.1. The lowest BCUT2D eigenvalue weighted by Crippen LogP contribution is -2.42. The smallest absolute Gasteiger partial charge is 0.251 e. The Labute approximate surface area is 190 Å². The summed E-state index contributed by atoms with van der Waals surface area (Å²) in [5.74, 6) is 1.64. The Kier molecular flexibility index (Phi) is 4.33. The number of ether oxygens (including phenoxy) is 3. The van der Waals surface area contributed by atoms with Gasteiger partial charge in [-0.2, -0.15) is 0 Å². The van der Waals surface area contributed by atoms with Crippen molar-refractivity contribution in [1.29, 1.82) is 0 Å². The van der Waals surface area contributed by atoms with E-state index in [-0.39, 0.29) is 31.8 Å². The molecule has 1 spiro atoms. The molecule has 0 saturated carbocycles. The molecule has 1 unspecified atom stereocenters. The van der Waals surface area contributed by atoms with Gasteiger partial charge in [-0.25, -0.2) is 0 Å². The van der Waals surface area contributed by atoms with Crippen molar-refractivity contribution in [2.24, 2.45) is 0 Å². The fourth-order valence-corrected chi connectivity index (χ4v) is 5.03. The largest absolute Gasteiger partial charge is 0.491 e. The van der Waals surface area contributed by atoms with Gasteiger partial charge >= 0.3 is 0 Å². The van der Waals surface area contributed by atoms with Gasteiger partial charge in [-0.05, 0) is 36.2 Å². The summed E-state index contributed by atoms with van der Waals surface area (Å²) in [5, 5.41) is 2.85. The van der Waals surface area contributed by atoms with E-state index in [1.807, 2.05) is 55.5 Å². The van der Waals surface area contributed by atoms with E-state index in [4.69, 9.17) is 14.2 Å². The van der Waals surface area contributed by atoms with Gasteiger partial charge in [0.2, 0.25) is 12.7 Å². The van der Waals surface area contributed by atoms with E-state index in [0.717, 1.165) is 22.4 Å². The minimum Gasteiger partial charge on any atom is -0.491 e. The minimum atomic E-state index is -0.965. The molecule has 166 valence electrons. The summed E-state index contributed by atoms with van der Waals surface area (Å²) < 4.78 is 17.1. The summed E-state index contributed by atoms with van der Waals surface area (Å²) in [6.45, 7) is 3.05. The number of hydrogen-bond donors (Lipinski definition) is 1. The number of anilines is 1. The molecule has 3 aromatic rings. The van der Waals surface area contributed by atoms with Crippen LogP contribution in [-0.2, 0) is 16.8 Å². The third kappa shape index (κ3) is 2.75. The van der Waals surface area contributed by atoms with Crippen LogP contribution in [0.2, 0.25) is 0 Å². The molecule has 3 aliphatic heterocycles. The Morgan fingerprint density at radius 3 is 2.58 bits per heavy atom. The highest BCUT2D eigenvalue weighted by Gasteiger charge is 2.57. The molecule has 1 atom stereocenters. The van der Waals surface area contributed by atoms with Crippen LogP contribution in [0.4, 0.5) is 5.69 Å². The summed E-state index contributed by atoms with van der Waals surface area (Å²) in [6.07, 6.45) is 0. The summed E-state index contributed by atoms with van der Waals surface area (Å²) >= 11 is 0. The van der Waals surface area contributed by atoms with Crippen LogP contribution in [0.3, 0.4) is 0 Å².